The van der Waals surface area contributed by atoms with Crippen molar-refractivity contribution in [3.05, 3.63) is 47.0 Å². The SMILES string of the molecule is COc1ccc2c(c1)cc1cc[nH]c(=O)n12. The van der Waals surface area contributed by atoms with Crippen molar-refractivity contribution in [1.29, 1.82) is 0 Å². The van der Waals surface area contributed by atoms with Crippen molar-refractivity contribution in [2.45, 2.75) is 0 Å². The Morgan fingerprint density at radius 2 is 2.12 bits per heavy atom. The van der Waals surface area contributed by atoms with E-state index in [0.717, 1.165) is 22.2 Å². The summed E-state index contributed by atoms with van der Waals surface area (Å²) in [5.41, 5.74) is 1.64. The van der Waals surface area contributed by atoms with Crippen LogP contribution in [0.1, 0.15) is 0 Å². The van der Waals surface area contributed by atoms with Crippen LogP contribution in [0.2, 0.25) is 0 Å². The lowest BCUT2D eigenvalue weighted by molar-refractivity contribution is 0.415. The quantitative estimate of drug-likeness (QED) is 0.671. The predicted molar refractivity (Wildman–Crippen MR) is 62.1 cm³/mol. The zero-order chi connectivity index (χ0) is 11.1. The Morgan fingerprint density at radius 3 is 2.94 bits per heavy atom. The van der Waals surface area contributed by atoms with Gasteiger partial charge in [-0.25, -0.2) is 4.79 Å². The lowest BCUT2D eigenvalue weighted by Crippen LogP contribution is -2.14. The molecule has 0 fully saturated rings. The summed E-state index contributed by atoms with van der Waals surface area (Å²) >= 11 is 0. The van der Waals surface area contributed by atoms with Crippen LogP contribution in [0.3, 0.4) is 0 Å². The minimum absolute atomic E-state index is 0.127. The lowest BCUT2D eigenvalue weighted by atomic mass is 10.2. The number of rotatable bonds is 1. The van der Waals surface area contributed by atoms with Crippen LogP contribution < -0.4 is 10.4 Å². The third kappa shape index (κ3) is 1.13. The van der Waals surface area contributed by atoms with E-state index in [1.165, 1.54) is 0 Å². The van der Waals surface area contributed by atoms with Crippen molar-refractivity contribution >= 4 is 16.4 Å². The Bertz CT molecular complexity index is 725. The maximum atomic E-state index is 11.7. The highest BCUT2D eigenvalue weighted by Crippen LogP contribution is 2.22. The Kier molecular flexibility index (Phi) is 1.77. The molecule has 0 bridgehead atoms. The van der Waals surface area contributed by atoms with Gasteiger partial charge in [-0.05, 0) is 30.3 Å². The van der Waals surface area contributed by atoms with E-state index in [1.54, 1.807) is 17.7 Å². The molecule has 16 heavy (non-hydrogen) atoms. The van der Waals surface area contributed by atoms with E-state index in [-0.39, 0.29) is 5.69 Å². The predicted octanol–water partition coefficient (Wildman–Crippen LogP) is 1.79. The molecule has 0 saturated carbocycles. The van der Waals surface area contributed by atoms with Crippen molar-refractivity contribution < 1.29 is 4.74 Å². The second-order valence-corrected chi connectivity index (χ2v) is 3.61. The van der Waals surface area contributed by atoms with Gasteiger partial charge in [0.2, 0.25) is 0 Å². The second-order valence-electron chi connectivity index (χ2n) is 3.61. The summed E-state index contributed by atoms with van der Waals surface area (Å²) in [7, 11) is 1.63. The molecule has 0 atom stereocenters. The highest BCUT2D eigenvalue weighted by molar-refractivity contribution is 5.88. The minimum Gasteiger partial charge on any atom is -0.497 e. The van der Waals surface area contributed by atoms with E-state index in [4.69, 9.17) is 4.74 Å². The standard InChI is InChI=1S/C12H10N2O2/c1-16-10-2-3-11-8(7-10)6-9-4-5-13-12(15)14(9)11/h2-7H,1H3,(H,13,15). The van der Waals surface area contributed by atoms with Crippen molar-refractivity contribution in [1.82, 2.24) is 9.38 Å². The molecule has 2 heterocycles. The van der Waals surface area contributed by atoms with Crippen LogP contribution in [-0.2, 0) is 0 Å². The van der Waals surface area contributed by atoms with Crippen molar-refractivity contribution in [2.75, 3.05) is 7.11 Å². The molecule has 0 unspecified atom stereocenters. The number of aromatic amines is 1. The Hall–Kier alpha value is -2.23. The molecule has 0 aliphatic carbocycles. The van der Waals surface area contributed by atoms with Gasteiger partial charge < -0.3 is 9.72 Å². The first-order chi connectivity index (χ1) is 7.79. The number of benzene rings is 1. The van der Waals surface area contributed by atoms with E-state index in [2.05, 4.69) is 4.98 Å². The highest BCUT2D eigenvalue weighted by Gasteiger charge is 2.05. The highest BCUT2D eigenvalue weighted by atomic mass is 16.5. The smallest absolute Gasteiger partial charge is 0.330 e. The number of nitrogens with one attached hydrogen (secondary N) is 1. The average molecular weight is 214 g/mol. The fourth-order valence-corrected chi connectivity index (χ4v) is 1.95. The average Bonchev–Trinajstić information content (AvgIpc) is 2.67. The van der Waals surface area contributed by atoms with Crippen LogP contribution in [0.5, 0.6) is 5.75 Å². The molecule has 0 amide bonds. The number of hydrogen-bond donors (Lipinski definition) is 1. The maximum Gasteiger partial charge on any atom is 0.330 e. The van der Waals surface area contributed by atoms with Gasteiger partial charge in [-0.2, -0.15) is 0 Å². The molecular formula is C12H10N2O2. The van der Waals surface area contributed by atoms with Gasteiger partial charge in [0.1, 0.15) is 5.75 Å². The van der Waals surface area contributed by atoms with Crippen LogP contribution >= 0.6 is 0 Å². The lowest BCUT2D eigenvalue weighted by Gasteiger charge is -1.99. The first-order valence-corrected chi connectivity index (χ1v) is 4.96. The van der Waals surface area contributed by atoms with Gasteiger partial charge in [-0.3, -0.25) is 4.40 Å². The monoisotopic (exact) mass is 214 g/mol. The number of methoxy groups -OCH3 is 1. The van der Waals surface area contributed by atoms with Crippen molar-refractivity contribution in [2.24, 2.45) is 0 Å². The normalized spacial score (nSPS) is 11.1. The van der Waals surface area contributed by atoms with E-state index in [9.17, 15) is 4.79 Å². The zero-order valence-electron chi connectivity index (χ0n) is 8.73. The third-order valence-electron chi connectivity index (χ3n) is 2.70. The molecule has 4 nitrogen and oxygen atoms in total. The summed E-state index contributed by atoms with van der Waals surface area (Å²) in [6.07, 6.45) is 1.65. The van der Waals surface area contributed by atoms with Crippen molar-refractivity contribution in [3.8, 4) is 5.75 Å². The maximum absolute atomic E-state index is 11.7. The van der Waals surface area contributed by atoms with Gasteiger partial charge in [0.15, 0.2) is 0 Å². The Morgan fingerprint density at radius 1 is 1.25 bits per heavy atom. The largest absolute Gasteiger partial charge is 0.497 e. The van der Waals surface area contributed by atoms with E-state index in [0.29, 0.717) is 0 Å². The van der Waals surface area contributed by atoms with E-state index < -0.39 is 0 Å². The van der Waals surface area contributed by atoms with Gasteiger partial charge in [-0.1, -0.05) is 0 Å². The third-order valence-corrected chi connectivity index (χ3v) is 2.70. The van der Waals surface area contributed by atoms with Crippen LogP contribution in [0, 0.1) is 0 Å². The number of nitrogens with zero attached hydrogens (tertiary/aromatic N) is 1. The summed E-state index contributed by atoms with van der Waals surface area (Å²) < 4.78 is 6.80. The van der Waals surface area contributed by atoms with E-state index in [1.807, 2.05) is 30.3 Å². The van der Waals surface area contributed by atoms with Gasteiger partial charge in [0.25, 0.3) is 0 Å². The Balaban J connectivity index is 2.52. The first-order valence-electron chi connectivity index (χ1n) is 4.96. The number of ether oxygens (including phenoxy) is 1. The molecule has 0 aliphatic rings. The fraction of sp³-hybridized carbons (Fsp3) is 0.0833. The molecule has 3 aromatic rings. The molecule has 1 N–H and O–H groups in total. The van der Waals surface area contributed by atoms with Crippen molar-refractivity contribution in [3.63, 3.8) is 0 Å². The summed E-state index contributed by atoms with van der Waals surface area (Å²) in [5, 5.41) is 0.996. The summed E-state index contributed by atoms with van der Waals surface area (Å²) in [6.45, 7) is 0. The van der Waals surface area contributed by atoms with Crippen LogP contribution in [0.4, 0.5) is 0 Å². The molecule has 1 aromatic carbocycles. The van der Waals surface area contributed by atoms with Gasteiger partial charge in [-0.15, -0.1) is 0 Å². The second kappa shape index (κ2) is 3.13. The summed E-state index contributed by atoms with van der Waals surface area (Å²) in [4.78, 5) is 14.3. The summed E-state index contributed by atoms with van der Waals surface area (Å²) in [6, 6.07) is 9.49. The molecule has 0 radical (unpaired) electrons. The number of fused-ring (bicyclic) bond motifs is 3. The molecule has 0 aliphatic heterocycles. The minimum atomic E-state index is -0.127. The number of H-pyrrole nitrogens is 1. The topological polar surface area (TPSA) is 46.5 Å². The molecule has 0 saturated heterocycles. The number of aromatic nitrogens is 2. The number of hydrogen-bond acceptors (Lipinski definition) is 2. The first kappa shape index (κ1) is 9.03. The fourth-order valence-electron chi connectivity index (χ4n) is 1.95. The van der Waals surface area contributed by atoms with Gasteiger partial charge >= 0.3 is 5.69 Å². The zero-order valence-corrected chi connectivity index (χ0v) is 8.73. The van der Waals surface area contributed by atoms with Crippen LogP contribution in [-0.4, -0.2) is 16.5 Å². The molecule has 2 aromatic heterocycles. The molecule has 3 rings (SSSR count). The van der Waals surface area contributed by atoms with Crippen LogP contribution in [0.15, 0.2) is 41.3 Å². The molecule has 4 heteroatoms. The van der Waals surface area contributed by atoms with Gasteiger partial charge in [0, 0.05) is 11.6 Å². The molecular weight excluding hydrogens is 204 g/mol. The summed E-state index contributed by atoms with van der Waals surface area (Å²) in [5.74, 6) is 0.792. The van der Waals surface area contributed by atoms with E-state index >= 15 is 0 Å². The molecule has 0 spiro atoms. The molecule has 80 valence electrons. The Labute approximate surface area is 91.1 Å². The van der Waals surface area contributed by atoms with Gasteiger partial charge in [0.05, 0.1) is 18.1 Å². The van der Waals surface area contributed by atoms with Crippen LogP contribution in [0.25, 0.3) is 16.4 Å².